The first kappa shape index (κ1) is 15.5. The summed E-state index contributed by atoms with van der Waals surface area (Å²) in [5.41, 5.74) is 1.41. The molecule has 1 aromatic carbocycles. The topological polar surface area (TPSA) is 70.2 Å². The Morgan fingerprint density at radius 1 is 1.10 bits per heavy atom. The molecule has 0 radical (unpaired) electrons. The van der Waals surface area contributed by atoms with Crippen molar-refractivity contribution in [1.29, 1.82) is 0 Å². The minimum absolute atomic E-state index is 0.0137. The van der Waals surface area contributed by atoms with Crippen LogP contribution in [-0.4, -0.2) is 24.9 Å². The van der Waals surface area contributed by atoms with Crippen LogP contribution < -0.4 is 16.0 Å². The number of hydrogen-bond donors (Lipinski definition) is 3. The van der Waals surface area contributed by atoms with Crippen LogP contribution in [0, 0.1) is 17.8 Å². The van der Waals surface area contributed by atoms with Gasteiger partial charge in [0.15, 0.2) is 0 Å². The van der Waals surface area contributed by atoms with Crippen molar-refractivity contribution in [2.75, 3.05) is 23.7 Å². The van der Waals surface area contributed by atoms with E-state index in [0.29, 0.717) is 17.3 Å². The highest BCUT2D eigenvalue weighted by atomic mass is 16.2. The Kier molecular flexibility index (Phi) is 4.96. The molecule has 0 saturated carbocycles. The van der Waals surface area contributed by atoms with Gasteiger partial charge < -0.3 is 16.0 Å². The van der Waals surface area contributed by atoms with Crippen LogP contribution >= 0.6 is 0 Å². The standard InChI is InChI=1S/C16H23N3O2/c1-10(2)15(20)18-13-5-4-6-14(7-13)19-16(21)11(3)12-8-17-9-12/h4-7,10-12,17H,8-9H2,1-3H3,(H,18,20)(H,19,21). The van der Waals surface area contributed by atoms with Crippen molar-refractivity contribution in [1.82, 2.24) is 5.32 Å². The van der Waals surface area contributed by atoms with Crippen molar-refractivity contribution in [2.45, 2.75) is 20.8 Å². The zero-order valence-electron chi connectivity index (χ0n) is 12.8. The molecule has 2 rings (SSSR count). The predicted molar refractivity (Wildman–Crippen MR) is 84.1 cm³/mol. The van der Waals surface area contributed by atoms with E-state index >= 15 is 0 Å². The molecule has 1 heterocycles. The number of benzene rings is 1. The van der Waals surface area contributed by atoms with Gasteiger partial charge in [0.25, 0.3) is 0 Å². The van der Waals surface area contributed by atoms with E-state index in [4.69, 9.17) is 0 Å². The summed E-state index contributed by atoms with van der Waals surface area (Å²) in [4.78, 5) is 23.8. The number of anilines is 2. The molecule has 0 spiro atoms. The van der Waals surface area contributed by atoms with Gasteiger partial charge in [0.2, 0.25) is 11.8 Å². The van der Waals surface area contributed by atoms with Crippen molar-refractivity contribution in [2.24, 2.45) is 17.8 Å². The lowest BCUT2D eigenvalue weighted by atomic mass is 9.88. The summed E-state index contributed by atoms with van der Waals surface area (Å²) >= 11 is 0. The minimum atomic E-state index is -0.0746. The average molecular weight is 289 g/mol. The van der Waals surface area contributed by atoms with E-state index in [0.717, 1.165) is 13.1 Å². The number of nitrogens with one attached hydrogen (secondary N) is 3. The summed E-state index contributed by atoms with van der Waals surface area (Å²) in [5, 5.41) is 8.92. The zero-order chi connectivity index (χ0) is 15.4. The molecule has 1 aromatic rings. The van der Waals surface area contributed by atoms with Gasteiger partial charge in [-0.05, 0) is 37.2 Å². The Bertz CT molecular complexity index is 524. The van der Waals surface area contributed by atoms with Gasteiger partial charge in [-0.1, -0.05) is 26.8 Å². The summed E-state index contributed by atoms with van der Waals surface area (Å²) in [6.45, 7) is 7.44. The van der Waals surface area contributed by atoms with Crippen molar-refractivity contribution in [3.05, 3.63) is 24.3 Å². The maximum absolute atomic E-state index is 12.2. The van der Waals surface area contributed by atoms with Gasteiger partial charge in [-0.2, -0.15) is 0 Å². The maximum atomic E-state index is 12.2. The molecule has 0 aromatic heterocycles. The summed E-state index contributed by atoms with van der Waals surface area (Å²) in [6.07, 6.45) is 0. The predicted octanol–water partition coefficient (Wildman–Crippen LogP) is 2.08. The zero-order valence-corrected chi connectivity index (χ0v) is 12.8. The fourth-order valence-corrected chi connectivity index (χ4v) is 2.10. The van der Waals surface area contributed by atoms with Crippen LogP contribution in [0.5, 0.6) is 0 Å². The Balaban J connectivity index is 1.97. The molecular weight excluding hydrogens is 266 g/mol. The summed E-state index contributed by atoms with van der Waals surface area (Å²) in [6, 6.07) is 7.24. The highest BCUT2D eigenvalue weighted by Crippen LogP contribution is 2.20. The maximum Gasteiger partial charge on any atom is 0.227 e. The van der Waals surface area contributed by atoms with Crippen LogP contribution in [0.3, 0.4) is 0 Å². The van der Waals surface area contributed by atoms with E-state index in [9.17, 15) is 9.59 Å². The lowest BCUT2D eigenvalue weighted by Crippen LogP contribution is -2.48. The second-order valence-electron chi connectivity index (χ2n) is 5.92. The van der Waals surface area contributed by atoms with Crippen LogP contribution in [0.25, 0.3) is 0 Å². The van der Waals surface area contributed by atoms with Crippen LogP contribution in [0.1, 0.15) is 20.8 Å². The monoisotopic (exact) mass is 289 g/mol. The smallest absolute Gasteiger partial charge is 0.227 e. The van der Waals surface area contributed by atoms with Gasteiger partial charge in [0.05, 0.1) is 0 Å². The van der Waals surface area contributed by atoms with Gasteiger partial charge in [-0.3, -0.25) is 9.59 Å². The normalized spacial score (nSPS) is 16.2. The first-order valence-electron chi connectivity index (χ1n) is 7.40. The average Bonchev–Trinajstić information content (AvgIpc) is 2.36. The van der Waals surface area contributed by atoms with Gasteiger partial charge in [0.1, 0.15) is 0 Å². The number of amides is 2. The first-order valence-corrected chi connectivity index (χ1v) is 7.40. The molecule has 1 atom stereocenters. The van der Waals surface area contributed by atoms with Crippen LogP contribution in [0.2, 0.25) is 0 Å². The first-order chi connectivity index (χ1) is 9.97. The van der Waals surface area contributed by atoms with Crippen LogP contribution in [0.15, 0.2) is 24.3 Å². The number of hydrogen-bond acceptors (Lipinski definition) is 3. The van der Waals surface area contributed by atoms with E-state index in [-0.39, 0.29) is 23.7 Å². The largest absolute Gasteiger partial charge is 0.326 e. The van der Waals surface area contributed by atoms with Gasteiger partial charge in [0, 0.05) is 23.2 Å². The molecule has 3 N–H and O–H groups in total. The van der Waals surface area contributed by atoms with Gasteiger partial charge in [-0.25, -0.2) is 0 Å². The van der Waals surface area contributed by atoms with E-state index in [1.54, 1.807) is 6.07 Å². The van der Waals surface area contributed by atoms with Crippen molar-refractivity contribution in [3.63, 3.8) is 0 Å². The van der Waals surface area contributed by atoms with Crippen molar-refractivity contribution >= 4 is 23.2 Å². The fourth-order valence-electron chi connectivity index (χ4n) is 2.10. The third-order valence-corrected chi connectivity index (χ3v) is 3.86. The Labute approximate surface area is 125 Å². The van der Waals surface area contributed by atoms with Gasteiger partial charge >= 0.3 is 0 Å². The fraction of sp³-hybridized carbons (Fsp3) is 0.500. The van der Waals surface area contributed by atoms with E-state index in [2.05, 4.69) is 16.0 Å². The molecule has 1 aliphatic rings. The molecule has 114 valence electrons. The van der Waals surface area contributed by atoms with E-state index in [1.165, 1.54) is 0 Å². The second kappa shape index (κ2) is 6.72. The van der Waals surface area contributed by atoms with Crippen LogP contribution in [-0.2, 0) is 9.59 Å². The quantitative estimate of drug-likeness (QED) is 0.777. The molecule has 1 fully saturated rings. The number of rotatable bonds is 5. The molecule has 5 heteroatoms. The molecule has 0 bridgehead atoms. The molecule has 2 amide bonds. The molecular formula is C16H23N3O2. The summed E-state index contributed by atoms with van der Waals surface area (Å²) in [5.74, 6) is 0.310. The highest BCUT2D eigenvalue weighted by molar-refractivity contribution is 5.95. The molecule has 1 aliphatic heterocycles. The molecule has 1 saturated heterocycles. The van der Waals surface area contributed by atoms with E-state index in [1.807, 2.05) is 39.0 Å². The third kappa shape index (κ3) is 4.04. The highest BCUT2D eigenvalue weighted by Gasteiger charge is 2.28. The van der Waals surface area contributed by atoms with Crippen molar-refractivity contribution in [3.8, 4) is 0 Å². The number of carbonyl (C=O) groups is 2. The Morgan fingerprint density at radius 2 is 1.67 bits per heavy atom. The Morgan fingerprint density at radius 3 is 2.14 bits per heavy atom. The SMILES string of the molecule is CC(C)C(=O)Nc1cccc(NC(=O)C(C)C2CNC2)c1. The van der Waals surface area contributed by atoms with Gasteiger partial charge in [-0.15, -0.1) is 0 Å². The van der Waals surface area contributed by atoms with E-state index < -0.39 is 0 Å². The van der Waals surface area contributed by atoms with Crippen molar-refractivity contribution < 1.29 is 9.59 Å². The lowest BCUT2D eigenvalue weighted by molar-refractivity contribution is -0.121. The Hall–Kier alpha value is -1.88. The number of carbonyl (C=O) groups excluding carboxylic acids is 2. The minimum Gasteiger partial charge on any atom is -0.326 e. The lowest BCUT2D eigenvalue weighted by Gasteiger charge is -2.31. The molecule has 21 heavy (non-hydrogen) atoms. The summed E-state index contributed by atoms with van der Waals surface area (Å²) < 4.78 is 0. The molecule has 1 unspecified atom stereocenters. The molecule has 5 nitrogen and oxygen atoms in total. The third-order valence-electron chi connectivity index (χ3n) is 3.86. The molecule has 0 aliphatic carbocycles. The summed E-state index contributed by atoms with van der Waals surface area (Å²) in [7, 11) is 0. The second-order valence-corrected chi connectivity index (χ2v) is 5.92. The van der Waals surface area contributed by atoms with Crippen LogP contribution in [0.4, 0.5) is 11.4 Å².